The first-order chi connectivity index (χ1) is 13.3. The molecule has 1 atom stereocenters. The van der Waals surface area contributed by atoms with Crippen LogP contribution >= 0.6 is 22.6 Å². The van der Waals surface area contributed by atoms with E-state index in [-0.39, 0.29) is 24.3 Å². The van der Waals surface area contributed by atoms with E-state index in [1.165, 1.54) is 0 Å². The van der Waals surface area contributed by atoms with E-state index in [9.17, 15) is 19.8 Å². The predicted molar refractivity (Wildman–Crippen MR) is 109 cm³/mol. The van der Waals surface area contributed by atoms with E-state index in [1.807, 2.05) is 12.1 Å². The molecule has 28 heavy (non-hydrogen) atoms. The number of benzene rings is 1. The van der Waals surface area contributed by atoms with Crippen molar-refractivity contribution in [3.63, 3.8) is 0 Å². The highest BCUT2D eigenvalue weighted by molar-refractivity contribution is 14.1. The van der Waals surface area contributed by atoms with Gasteiger partial charge in [0.25, 0.3) is 5.56 Å². The maximum absolute atomic E-state index is 13.1. The summed E-state index contributed by atoms with van der Waals surface area (Å²) in [5, 5.41) is 21.9. The molecule has 0 saturated carbocycles. The predicted octanol–water partition coefficient (Wildman–Crippen LogP) is 2.39. The van der Waals surface area contributed by atoms with Crippen LogP contribution < -0.4 is 5.56 Å². The molecule has 0 saturated heterocycles. The Morgan fingerprint density at radius 1 is 1.32 bits per heavy atom. The van der Waals surface area contributed by atoms with Crippen LogP contribution in [-0.2, 0) is 28.3 Å². The summed E-state index contributed by atoms with van der Waals surface area (Å²) in [7, 11) is 0. The van der Waals surface area contributed by atoms with E-state index in [2.05, 4.69) is 27.6 Å². The summed E-state index contributed by atoms with van der Waals surface area (Å²) in [6, 6.07) is 7.11. The van der Waals surface area contributed by atoms with E-state index in [0.717, 1.165) is 9.13 Å². The SMILES string of the molecule is CC[C@@]1(O)C(=O)OCc2c1cc1n(c2=O)Cc2cc3c(O)c(I)ccc3nc2-1. The molecule has 2 aliphatic rings. The minimum atomic E-state index is -1.84. The van der Waals surface area contributed by atoms with Crippen LogP contribution in [0, 0.1) is 3.57 Å². The second-order valence-electron chi connectivity index (χ2n) is 7.06. The highest BCUT2D eigenvalue weighted by Gasteiger charge is 2.45. The zero-order valence-electron chi connectivity index (χ0n) is 14.8. The zero-order valence-corrected chi connectivity index (χ0v) is 17.0. The van der Waals surface area contributed by atoms with E-state index in [0.29, 0.717) is 40.0 Å². The van der Waals surface area contributed by atoms with Gasteiger partial charge < -0.3 is 19.5 Å². The Kier molecular flexibility index (Phi) is 3.63. The van der Waals surface area contributed by atoms with Crippen LogP contribution in [0.2, 0.25) is 0 Å². The topological polar surface area (TPSA) is 102 Å². The Bertz CT molecular complexity index is 1270. The Labute approximate surface area is 172 Å². The van der Waals surface area contributed by atoms with E-state index in [1.54, 1.807) is 23.6 Å². The summed E-state index contributed by atoms with van der Waals surface area (Å²) in [5.41, 5.74) is 1.04. The van der Waals surface area contributed by atoms with Gasteiger partial charge >= 0.3 is 5.97 Å². The van der Waals surface area contributed by atoms with Gasteiger partial charge in [0.05, 0.1) is 32.6 Å². The summed E-state index contributed by atoms with van der Waals surface area (Å²) in [5.74, 6) is -0.577. The van der Waals surface area contributed by atoms with Crippen LogP contribution in [0.3, 0.4) is 0 Å². The molecule has 0 amide bonds. The van der Waals surface area contributed by atoms with Gasteiger partial charge in [-0.25, -0.2) is 9.78 Å². The first-order valence-corrected chi connectivity index (χ1v) is 9.91. The summed E-state index contributed by atoms with van der Waals surface area (Å²) in [6.45, 7) is 1.83. The Morgan fingerprint density at radius 2 is 2.11 bits per heavy atom. The lowest BCUT2D eigenvalue weighted by Gasteiger charge is -2.31. The molecular formula is C20H15IN2O5. The first kappa shape index (κ1) is 17.6. The molecule has 4 heterocycles. The molecule has 1 aromatic carbocycles. The fourth-order valence-electron chi connectivity index (χ4n) is 4.01. The van der Waals surface area contributed by atoms with Crippen LogP contribution in [-0.4, -0.2) is 25.7 Å². The lowest BCUT2D eigenvalue weighted by molar-refractivity contribution is -0.172. The van der Waals surface area contributed by atoms with Gasteiger partial charge in [0, 0.05) is 16.5 Å². The standard InChI is InChI=1S/C20H15IN2O5/c1-2-20(27)12-6-15-16-9(5-10-14(22-16)4-3-13(21)17(10)24)7-23(15)18(25)11(12)8-28-19(20)26/h3-6,24,27H,2,7-8H2,1H3/t20-/m0/s1. The number of nitrogens with zero attached hydrogens (tertiary/aromatic N) is 2. The minimum absolute atomic E-state index is 0.103. The largest absolute Gasteiger partial charge is 0.506 e. The van der Waals surface area contributed by atoms with E-state index < -0.39 is 11.6 Å². The monoisotopic (exact) mass is 490 g/mol. The summed E-state index contributed by atoms with van der Waals surface area (Å²) in [6.07, 6.45) is 0.103. The molecule has 142 valence electrons. The van der Waals surface area contributed by atoms with Gasteiger partial charge in [-0.05, 0) is 53.3 Å². The van der Waals surface area contributed by atoms with Crippen molar-refractivity contribution in [2.45, 2.75) is 32.1 Å². The van der Waals surface area contributed by atoms with Crippen LogP contribution in [0.5, 0.6) is 5.75 Å². The number of esters is 1. The average molecular weight is 490 g/mol. The number of hydrogen-bond acceptors (Lipinski definition) is 6. The fraction of sp³-hybridized carbons (Fsp3) is 0.250. The van der Waals surface area contributed by atoms with Crippen molar-refractivity contribution in [1.29, 1.82) is 0 Å². The number of carbonyl (C=O) groups excluding carboxylic acids is 1. The number of aromatic hydroxyl groups is 1. The van der Waals surface area contributed by atoms with E-state index in [4.69, 9.17) is 4.74 Å². The molecule has 2 aromatic heterocycles. The highest BCUT2D eigenvalue weighted by Crippen LogP contribution is 2.40. The average Bonchev–Trinajstić information content (AvgIpc) is 3.05. The maximum atomic E-state index is 13.1. The summed E-state index contributed by atoms with van der Waals surface area (Å²) >= 11 is 2.05. The Hall–Kier alpha value is -2.46. The number of fused-ring (bicyclic) bond motifs is 5. The van der Waals surface area contributed by atoms with Gasteiger partial charge in [-0.1, -0.05) is 6.92 Å². The molecule has 0 radical (unpaired) electrons. The van der Waals surface area contributed by atoms with Crippen molar-refractivity contribution in [2.75, 3.05) is 0 Å². The van der Waals surface area contributed by atoms with E-state index >= 15 is 0 Å². The van der Waals surface area contributed by atoms with Gasteiger partial charge in [0.2, 0.25) is 0 Å². The number of halogens is 1. The molecule has 2 aliphatic heterocycles. The summed E-state index contributed by atoms with van der Waals surface area (Å²) < 4.78 is 7.37. The number of hydrogen-bond donors (Lipinski definition) is 2. The number of phenols is 1. The second kappa shape index (κ2) is 5.77. The molecule has 5 rings (SSSR count). The van der Waals surface area contributed by atoms with Crippen molar-refractivity contribution >= 4 is 39.5 Å². The number of phenolic OH excluding ortho intramolecular Hbond substituents is 1. The number of carbonyl (C=O) groups is 1. The van der Waals surface area contributed by atoms with Gasteiger partial charge in [0.15, 0.2) is 5.60 Å². The molecule has 0 spiro atoms. The Balaban J connectivity index is 1.80. The quantitative estimate of drug-likeness (QED) is 0.314. The molecule has 3 aromatic rings. The fourth-order valence-corrected chi connectivity index (χ4v) is 4.48. The van der Waals surface area contributed by atoms with Crippen molar-refractivity contribution < 1.29 is 19.7 Å². The van der Waals surface area contributed by atoms with Crippen LogP contribution in [0.25, 0.3) is 22.3 Å². The van der Waals surface area contributed by atoms with Crippen molar-refractivity contribution in [1.82, 2.24) is 9.55 Å². The Morgan fingerprint density at radius 3 is 2.86 bits per heavy atom. The molecule has 0 bridgehead atoms. The van der Waals surface area contributed by atoms with Crippen LogP contribution in [0.1, 0.15) is 30.0 Å². The van der Waals surface area contributed by atoms with Gasteiger partial charge in [-0.15, -0.1) is 0 Å². The van der Waals surface area contributed by atoms with Gasteiger partial charge in [0.1, 0.15) is 12.4 Å². The molecular weight excluding hydrogens is 475 g/mol. The third-order valence-electron chi connectivity index (χ3n) is 5.61. The molecule has 0 fully saturated rings. The van der Waals surface area contributed by atoms with Crippen molar-refractivity contribution in [3.8, 4) is 17.1 Å². The second-order valence-corrected chi connectivity index (χ2v) is 8.22. The maximum Gasteiger partial charge on any atom is 0.343 e. The minimum Gasteiger partial charge on any atom is -0.506 e. The number of pyridine rings is 2. The molecule has 8 heteroatoms. The molecule has 7 nitrogen and oxygen atoms in total. The molecule has 0 aliphatic carbocycles. The smallest absolute Gasteiger partial charge is 0.343 e. The van der Waals surface area contributed by atoms with Gasteiger partial charge in [-0.3, -0.25) is 4.79 Å². The number of cyclic esters (lactones) is 1. The lowest BCUT2D eigenvalue weighted by atomic mass is 9.86. The molecule has 2 N–H and O–H groups in total. The normalized spacial score (nSPS) is 19.9. The zero-order chi connectivity index (χ0) is 19.8. The van der Waals surface area contributed by atoms with Crippen molar-refractivity contribution in [2.24, 2.45) is 0 Å². The first-order valence-electron chi connectivity index (χ1n) is 8.83. The number of aromatic nitrogens is 2. The number of ether oxygens (including phenoxy) is 1. The van der Waals surface area contributed by atoms with Gasteiger partial charge in [-0.2, -0.15) is 0 Å². The lowest BCUT2D eigenvalue weighted by Crippen LogP contribution is -2.44. The van der Waals surface area contributed by atoms with Crippen LogP contribution in [0.15, 0.2) is 29.1 Å². The highest BCUT2D eigenvalue weighted by atomic mass is 127. The van der Waals surface area contributed by atoms with Crippen molar-refractivity contribution in [3.05, 3.63) is 54.9 Å². The summed E-state index contributed by atoms with van der Waals surface area (Å²) in [4.78, 5) is 29.9. The third-order valence-corrected chi connectivity index (χ3v) is 6.48. The third kappa shape index (κ3) is 2.15. The number of rotatable bonds is 1. The van der Waals surface area contributed by atoms with Crippen LogP contribution in [0.4, 0.5) is 0 Å². The number of aliphatic hydroxyl groups is 1. The molecule has 0 unspecified atom stereocenters.